The molecule has 2 heteroatoms. The van der Waals surface area contributed by atoms with Crippen molar-refractivity contribution in [1.29, 1.82) is 0 Å². The Hall–Kier alpha value is -3.65. The number of rotatable bonds is 0. The van der Waals surface area contributed by atoms with Crippen molar-refractivity contribution in [2.45, 2.75) is 20.8 Å². The number of nitrogens with zero attached hydrogens (tertiary/aromatic N) is 2. The van der Waals surface area contributed by atoms with Gasteiger partial charge in [0.15, 0.2) is 0 Å². The molecule has 7 aromatic rings. The second kappa shape index (κ2) is 5.28. The van der Waals surface area contributed by atoms with Crippen LogP contribution in [0.2, 0.25) is 0 Å². The normalized spacial score (nSPS) is 12.5. The number of pyridine rings is 2. The lowest BCUT2D eigenvalue weighted by atomic mass is 9.96. The third kappa shape index (κ3) is 1.82. The Balaban J connectivity index is 1.94. The molecule has 30 heavy (non-hydrogen) atoms. The maximum Gasteiger partial charge on any atom is 0.0823 e. The summed E-state index contributed by atoms with van der Waals surface area (Å²) in [6, 6.07) is 22.6. The summed E-state index contributed by atoms with van der Waals surface area (Å²) < 4.78 is 2.50. The van der Waals surface area contributed by atoms with Crippen molar-refractivity contribution >= 4 is 59.8 Å². The van der Waals surface area contributed by atoms with Gasteiger partial charge in [-0.1, -0.05) is 48.0 Å². The molecule has 0 bridgehead atoms. The summed E-state index contributed by atoms with van der Waals surface area (Å²) in [5.41, 5.74) is 8.83. The molecule has 0 aliphatic carbocycles. The molecule has 0 saturated carbocycles. The minimum Gasteiger partial charge on any atom is -0.308 e. The van der Waals surface area contributed by atoms with Gasteiger partial charge in [0, 0.05) is 27.7 Å². The van der Waals surface area contributed by atoms with Crippen LogP contribution in [-0.2, 0) is 0 Å². The fourth-order valence-corrected chi connectivity index (χ4v) is 5.48. The van der Waals surface area contributed by atoms with E-state index in [-0.39, 0.29) is 0 Å². The van der Waals surface area contributed by atoms with Gasteiger partial charge in [-0.25, -0.2) is 0 Å². The van der Waals surface area contributed by atoms with E-state index in [4.69, 9.17) is 4.98 Å². The lowest BCUT2D eigenvalue weighted by molar-refractivity contribution is 1.31. The van der Waals surface area contributed by atoms with Gasteiger partial charge >= 0.3 is 0 Å². The number of aromatic nitrogens is 2. The zero-order valence-electron chi connectivity index (χ0n) is 17.2. The number of aryl methyl sites for hydroxylation is 3. The SMILES string of the molecule is Cc1ccc2c(C)c3c(cc2c1)c1nccc2ccc4c5ccc(C)cc5n3c4c21. The zero-order chi connectivity index (χ0) is 20.1. The zero-order valence-corrected chi connectivity index (χ0v) is 17.2. The van der Waals surface area contributed by atoms with Crippen molar-refractivity contribution in [2.24, 2.45) is 0 Å². The monoisotopic (exact) mass is 384 g/mol. The first-order chi connectivity index (χ1) is 14.6. The molecular formula is C28H20N2. The number of hydrogen-bond donors (Lipinski definition) is 0. The highest BCUT2D eigenvalue weighted by Gasteiger charge is 2.20. The van der Waals surface area contributed by atoms with Crippen LogP contribution in [0.3, 0.4) is 0 Å². The van der Waals surface area contributed by atoms with E-state index in [9.17, 15) is 0 Å². The van der Waals surface area contributed by atoms with E-state index >= 15 is 0 Å². The fourth-order valence-electron chi connectivity index (χ4n) is 5.48. The van der Waals surface area contributed by atoms with Crippen molar-refractivity contribution in [3.8, 4) is 0 Å². The molecule has 0 spiro atoms. The van der Waals surface area contributed by atoms with Gasteiger partial charge in [-0.2, -0.15) is 0 Å². The van der Waals surface area contributed by atoms with Crippen molar-refractivity contribution in [2.75, 3.05) is 0 Å². The van der Waals surface area contributed by atoms with Gasteiger partial charge in [0.2, 0.25) is 0 Å². The highest BCUT2D eigenvalue weighted by molar-refractivity contribution is 6.28. The second-order valence-corrected chi connectivity index (χ2v) is 8.70. The minimum atomic E-state index is 1.10. The van der Waals surface area contributed by atoms with Crippen LogP contribution in [0.25, 0.3) is 59.8 Å². The molecule has 3 aromatic heterocycles. The van der Waals surface area contributed by atoms with Crippen LogP contribution < -0.4 is 0 Å². The standard InChI is InChI=1S/C28H20N2/c1-15-4-7-20-17(3)27-23(14-19(20)12-15)26-25-18(10-11-29-26)6-9-22-21-8-5-16(2)13-24(21)30(27)28(22)25/h4-14H,1-3H3. The molecule has 0 radical (unpaired) electrons. The smallest absolute Gasteiger partial charge is 0.0823 e. The van der Waals surface area contributed by atoms with E-state index in [1.54, 1.807) is 0 Å². The highest BCUT2D eigenvalue weighted by Crippen LogP contribution is 2.42. The predicted molar refractivity (Wildman–Crippen MR) is 128 cm³/mol. The Morgan fingerprint density at radius 2 is 1.40 bits per heavy atom. The molecule has 3 heterocycles. The van der Waals surface area contributed by atoms with Gasteiger partial charge in [-0.05, 0) is 66.3 Å². The van der Waals surface area contributed by atoms with E-state index in [1.807, 2.05) is 6.20 Å². The topological polar surface area (TPSA) is 17.3 Å². The van der Waals surface area contributed by atoms with Crippen LogP contribution >= 0.6 is 0 Å². The fraction of sp³-hybridized carbons (Fsp3) is 0.107. The Bertz CT molecular complexity index is 1820. The largest absolute Gasteiger partial charge is 0.308 e. The first-order valence-corrected chi connectivity index (χ1v) is 10.5. The van der Waals surface area contributed by atoms with Crippen LogP contribution in [-0.4, -0.2) is 9.38 Å². The molecule has 0 aliphatic rings. The molecule has 4 aromatic carbocycles. The lowest BCUT2D eigenvalue weighted by Gasteiger charge is -2.16. The van der Waals surface area contributed by atoms with Crippen molar-refractivity contribution in [3.05, 3.63) is 83.6 Å². The van der Waals surface area contributed by atoms with Gasteiger partial charge in [0.25, 0.3) is 0 Å². The predicted octanol–water partition coefficient (Wildman–Crippen LogP) is 7.46. The van der Waals surface area contributed by atoms with Crippen molar-refractivity contribution < 1.29 is 0 Å². The first kappa shape index (κ1) is 16.2. The van der Waals surface area contributed by atoms with Gasteiger partial charge in [-0.15, -0.1) is 0 Å². The molecule has 0 amide bonds. The number of benzene rings is 4. The first-order valence-electron chi connectivity index (χ1n) is 10.5. The molecule has 0 aliphatic heterocycles. The average Bonchev–Trinajstić information content (AvgIpc) is 3.07. The summed E-state index contributed by atoms with van der Waals surface area (Å²) in [4.78, 5) is 4.91. The summed E-state index contributed by atoms with van der Waals surface area (Å²) in [7, 11) is 0. The number of fused-ring (bicyclic) bond motifs is 7. The van der Waals surface area contributed by atoms with Crippen LogP contribution in [0.15, 0.2) is 66.9 Å². The Labute approximate surface area is 173 Å². The van der Waals surface area contributed by atoms with E-state index in [0.717, 1.165) is 5.52 Å². The van der Waals surface area contributed by atoms with Crippen LogP contribution in [0, 0.1) is 20.8 Å². The molecule has 2 nitrogen and oxygen atoms in total. The summed E-state index contributed by atoms with van der Waals surface area (Å²) in [6.07, 6.45) is 1.95. The van der Waals surface area contributed by atoms with E-state index in [0.29, 0.717) is 0 Å². The Kier molecular flexibility index (Phi) is 2.85. The van der Waals surface area contributed by atoms with Crippen molar-refractivity contribution in [3.63, 3.8) is 0 Å². The summed E-state index contributed by atoms with van der Waals surface area (Å²) in [5, 5.41) is 8.96. The quantitative estimate of drug-likeness (QED) is 0.196. The third-order valence-electron chi connectivity index (χ3n) is 6.81. The summed E-state index contributed by atoms with van der Waals surface area (Å²) in [5.74, 6) is 0. The molecule has 0 unspecified atom stereocenters. The second-order valence-electron chi connectivity index (χ2n) is 8.70. The van der Waals surface area contributed by atoms with Crippen molar-refractivity contribution in [1.82, 2.24) is 9.38 Å². The van der Waals surface area contributed by atoms with Crippen LogP contribution in [0.4, 0.5) is 0 Å². The Morgan fingerprint density at radius 1 is 0.633 bits per heavy atom. The highest BCUT2D eigenvalue weighted by atomic mass is 14.9. The maximum atomic E-state index is 4.91. The maximum absolute atomic E-state index is 4.91. The van der Waals surface area contributed by atoms with E-state index in [2.05, 4.69) is 85.8 Å². The molecule has 142 valence electrons. The van der Waals surface area contributed by atoms with Gasteiger partial charge < -0.3 is 4.40 Å². The van der Waals surface area contributed by atoms with Crippen LogP contribution in [0.1, 0.15) is 16.7 Å². The van der Waals surface area contributed by atoms with Gasteiger partial charge in [0.1, 0.15) is 0 Å². The van der Waals surface area contributed by atoms with E-state index < -0.39 is 0 Å². The van der Waals surface area contributed by atoms with Crippen LogP contribution in [0.5, 0.6) is 0 Å². The average molecular weight is 384 g/mol. The molecular weight excluding hydrogens is 364 g/mol. The molecule has 0 atom stereocenters. The number of hydrogen-bond acceptors (Lipinski definition) is 1. The van der Waals surface area contributed by atoms with Gasteiger partial charge in [-0.3, -0.25) is 4.98 Å². The Morgan fingerprint density at radius 3 is 2.27 bits per heavy atom. The summed E-state index contributed by atoms with van der Waals surface area (Å²) >= 11 is 0. The molecule has 0 saturated heterocycles. The lowest BCUT2D eigenvalue weighted by Crippen LogP contribution is -1.97. The van der Waals surface area contributed by atoms with Gasteiger partial charge in [0.05, 0.1) is 22.1 Å². The molecule has 0 N–H and O–H groups in total. The minimum absolute atomic E-state index is 1.10. The summed E-state index contributed by atoms with van der Waals surface area (Å²) in [6.45, 7) is 6.60. The van der Waals surface area contributed by atoms with E-state index in [1.165, 1.54) is 70.9 Å². The molecule has 0 fully saturated rings. The third-order valence-corrected chi connectivity index (χ3v) is 6.81. The molecule has 7 rings (SSSR count).